The van der Waals surface area contributed by atoms with Gasteiger partial charge in [0.15, 0.2) is 5.11 Å². The van der Waals surface area contributed by atoms with Crippen molar-refractivity contribution in [1.29, 1.82) is 0 Å². The van der Waals surface area contributed by atoms with Gasteiger partial charge in [-0.25, -0.2) is 4.90 Å². The molecule has 0 bridgehead atoms. The van der Waals surface area contributed by atoms with Crippen LogP contribution in [0.3, 0.4) is 0 Å². The summed E-state index contributed by atoms with van der Waals surface area (Å²) in [5.41, 5.74) is 3.11. The van der Waals surface area contributed by atoms with Gasteiger partial charge in [-0.2, -0.15) is 0 Å². The fraction of sp³-hybridized carbons (Fsp3) is 0.125. The van der Waals surface area contributed by atoms with Crippen LogP contribution in [-0.2, 0) is 9.59 Å². The van der Waals surface area contributed by atoms with Crippen molar-refractivity contribution in [3.05, 3.63) is 77.6 Å². The molecule has 0 radical (unpaired) electrons. The monoisotopic (exact) mass is 447 g/mol. The van der Waals surface area contributed by atoms with Crippen molar-refractivity contribution < 1.29 is 19.1 Å². The van der Waals surface area contributed by atoms with E-state index in [0.717, 1.165) is 11.3 Å². The largest absolute Gasteiger partial charge is 0.497 e. The molecule has 7 nitrogen and oxygen atoms in total. The van der Waals surface area contributed by atoms with Crippen LogP contribution in [0.2, 0.25) is 0 Å². The molecule has 162 valence electrons. The van der Waals surface area contributed by atoms with Crippen LogP contribution in [0.1, 0.15) is 11.3 Å². The predicted octanol–water partition coefficient (Wildman–Crippen LogP) is 3.63. The van der Waals surface area contributed by atoms with Crippen molar-refractivity contribution in [1.82, 2.24) is 9.88 Å². The third-order valence-electron chi connectivity index (χ3n) is 5.11. The number of methoxy groups -OCH3 is 2. The van der Waals surface area contributed by atoms with Crippen LogP contribution in [0, 0.1) is 6.92 Å². The molecule has 1 fully saturated rings. The van der Waals surface area contributed by atoms with Crippen LogP contribution >= 0.6 is 12.2 Å². The van der Waals surface area contributed by atoms with Crippen molar-refractivity contribution in [2.75, 3.05) is 19.1 Å². The summed E-state index contributed by atoms with van der Waals surface area (Å²) in [4.78, 5) is 27.3. The summed E-state index contributed by atoms with van der Waals surface area (Å²) < 4.78 is 12.5. The summed E-state index contributed by atoms with van der Waals surface area (Å²) in [6, 6.07) is 16.6. The Hall–Kier alpha value is -3.91. The zero-order chi connectivity index (χ0) is 22.8. The molecular formula is C24H21N3O4S. The van der Waals surface area contributed by atoms with Crippen molar-refractivity contribution in [2.45, 2.75) is 6.92 Å². The first-order chi connectivity index (χ1) is 15.4. The predicted molar refractivity (Wildman–Crippen MR) is 126 cm³/mol. The van der Waals surface area contributed by atoms with Crippen molar-refractivity contribution in [3.8, 4) is 17.2 Å². The second kappa shape index (κ2) is 8.68. The highest BCUT2D eigenvalue weighted by molar-refractivity contribution is 7.80. The van der Waals surface area contributed by atoms with Gasteiger partial charge in [0.05, 0.1) is 19.9 Å². The number of aromatic nitrogens is 1. The Labute approximate surface area is 190 Å². The Balaban J connectivity index is 1.75. The maximum atomic E-state index is 13.4. The van der Waals surface area contributed by atoms with Crippen molar-refractivity contribution >= 4 is 40.9 Å². The molecule has 32 heavy (non-hydrogen) atoms. The van der Waals surface area contributed by atoms with Gasteiger partial charge in [-0.1, -0.05) is 17.7 Å². The Morgan fingerprint density at radius 2 is 1.75 bits per heavy atom. The molecular weight excluding hydrogens is 426 g/mol. The smallest absolute Gasteiger partial charge is 0.270 e. The lowest BCUT2D eigenvalue weighted by Gasteiger charge is -2.30. The fourth-order valence-corrected chi connectivity index (χ4v) is 3.72. The highest BCUT2D eigenvalue weighted by Crippen LogP contribution is 2.34. The van der Waals surface area contributed by atoms with Gasteiger partial charge in [0.1, 0.15) is 17.1 Å². The zero-order valence-electron chi connectivity index (χ0n) is 17.8. The van der Waals surface area contributed by atoms with E-state index in [9.17, 15) is 9.59 Å². The van der Waals surface area contributed by atoms with Gasteiger partial charge < -0.3 is 14.0 Å². The van der Waals surface area contributed by atoms with Crippen LogP contribution in [-0.4, -0.2) is 35.7 Å². The van der Waals surface area contributed by atoms with E-state index in [4.69, 9.17) is 21.7 Å². The first kappa shape index (κ1) is 21.3. The molecule has 0 unspecified atom stereocenters. The summed E-state index contributed by atoms with van der Waals surface area (Å²) in [7, 11) is 3.02. The number of amides is 2. The highest BCUT2D eigenvalue weighted by atomic mass is 32.1. The average molecular weight is 448 g/mol. The Kier molecular flexibility index (Phi) is 5.79. The van der Waals surface area contributed by atoms with Crippen LogP contribution in [0.5, 0.6) is 11.5 Å². The van der Waals surface area contributed by atoms with E-state index in [2.05, 4.69) is 5.32 Å². The third-order valence-corrected chi connectivity index (χ3v) is 5.40. The number of hydrogen-bond donors (Lipinski definition) is 1. The lowest BCUT2D eigenvalue weighted by atomic mass is 10.1. The van der Waals surface area contributed by atoms with Gasteiger partial charge in [0.25, 0.3) is 11.8 Å². The first-order valence-corrected chi connectivity index (χ1v) is 10.2. The number of thiocarbonyl (C=S) groups is 1. The molecule has 0 atom stereocenters. The minimum Gasteiger partial charge on any atom is -0.497 e. The normalized spacial score (nSPS) is 15.2. The first-order valence-electron chi connectivity index (χ1n) is 9.81. The molecule has 8 heteroatoms. The second-order valence-corrected chi connectivity index (χ2v) is 7.52. The molecule has 0 saturated carbocycles. The SMILES string of the molecule is COc1ccc(N2C(=O)/C(=C/c3cccn3-c3ccc(C)cc3)C(=O)NC2=S)c(OC)c1. The number of anilines is 1. The van der Waals surface area contributed by atoms with Gasteiger partial charge in [-0.3, -0.25) is 14.9 Å². The molecule has 0 aliphatic carbocycles. The van der Waals surface area contributed by atoms with E-state index in [0.29, 0.717) is 22.9 Å². The van der Waals surface area contributed by atoms with E-state index in [1.54, 1.807) is 24.3 Å². The lowest BCUT2D eigenvalue weighted by molar-refractivity contribution is -0.122. The number of carbonyl (C=O) groups is 2. The highest BCUT2D eigenvalue weighted by Gasteiger charge is 2.36. The molecule has 2 amide bonds. The number of rotatable bonds is 5. The molecule has 1 saturated heterocycles. The van der Waals surface area contributed by atoms with Gasteiger partial charge in [-0.05, 0) is 61.6 Å². The number of ether oxygens (including phenoxy) is 2. The van der Waals surface area contributed by atoms with Crippen molar-refractivity contribution in [2.24, 2.45) is 0 Å². The average Bonchev–Trinajstić information content (AvgIpc) is 3.25. The summed E-state index contributed by atoms with van der Waals surface area (Å²) in [6.45, 7) is 2.01. The molecule has 1 aliphatic rings. The molecule has 2 heterocycles. The summed E-state index contributed by atoms with van der Waals surface area (Å²) >= 11 is 5.30. The third kappa shape index (κ3) is 3.88. The zero-order valence-corrected chi connectivity index (χ0v) is 18.6. The molecule has 1 aliphatic heterocycles. The summed E-state index contributed by atoms with van der Waals surface area (Å²) in [6.07, 6.45) is 3.43. The van der Waals surface area contributed by atoms with Crippen LogP contribution in [0.15, 0.2) is 66.4 Å². The number of nitrogens with one attached hydrogen (secondary N) is 1. The molecule has 0 spiro atoms. The van der Waals surface area contributed by atoms with E-state index >= 15 is 0 Å². The van der Waals surface area contributed by atoms with Gasteiger partial charge in [-0.15, -0.1) is 0 Å². The van der Waals surface area contributed by atoms with E-state index in [1.807, 2.05) is 54.1 Å². The lowest BCUT2D eigenvalue weighted by Crippen LogP contribution is -2.54. The van der Waals surface area contributed by atoms with Crippen LogP contribution in [0.4, 0.5) is 5.69 Å². The molecule has 2 aromatic carbocycles. The van der Waals surface area contributed by atoms with E-state index in [1.165, 1.54) is 19.1 Å². The minimum absolute atomic E-state index is 0.0189. The number of carbonyl (C=O) groups excluding carboxylic acids is 2. The second-order valence-electron chi connectivity index (χ2n) is 7.13. The number of nitrogens with zero attached hydrogens (tertiary/aromatic N) is 2. The van der Waals surface area contributed by atoms with Crippen LogP contribution in [0.25, 0.3) is 11.8 Å². The Morgan fingerprint density at radius 3 is 2.44 bits per heavy atom. The molecule has 3 aromatic rings. The molecule has 4 rings (SSSR count). The number of benzene rings is 2. The standard InChI is InChI=1S/C24H21N3O4S/c1-15-6-8-16(9-7-15)26-12-4-5-17(26)13-19-22(28)25-24(32)27(23(19)29)20-11-10-18(30-2)14-21(20)31-3/h4-14H,1-3H3,(H,25,28,32)/b19-13+. The Bertz CT molecular complexity index is 1240. The topological polar surface area (TPSA) is 72.8 Å². The van der Waals surface area contributed by atoms with Gasteiger partial charge in [0, 0.05) is 23.6 Å². The Morgan fingerprint density at radius 1 is 1.00 bits per heavy atom. The van der Waals surface area contributed by atoms with Gasteiger partial charge >= 0.3 is 0 Å². The maximum Gasteiger partial charge on any atom is 0.270 e. The van der Waals surface area contributed by atoms with Gasteiger partial charge in [0.2, 0.25) is 0 Å². The fourth-order valence-electron chi connectivity index (χ4n) is 3.45. The quantitative estimate of drug-likeness (QED) is 0.367. The molecule has 1 N–H and O–H groups in total. The van der Waals surface area contributed by atoms with Crippen LogP contribution < -0.4 is 19.7 Å². The maximum absolute atomic E-state index is 13.4. The number of aryl methyl sites for hydroxylation is 1. The minimum atomic E-state index is -0.555. The number of hydrogen-bond acceptors (Lipinski definition) is 5. The molecule has 1 aromatic heterocycles. The van der Waals surface area contributed by atoms with E-state index < -0.39 is 11.8 Å². The van der Waals surface area contributed by atoms with E-state index in [-0.39, 0.29) is 10.7 Å². The van der Waals surface area contributed by atoms with Crippen molar-refractivity contribution in [3.63, 3.8) is 0 Å². The summed E-state index contributed by atoms with van der Waals surface area (Å²) in [5.74, 6) is -0.144. The summed E-state index contributed by atoms with van der Waals surface area (Å²) in [5, 5.41) is 2.58.